The van der Waals surface area contributed by atoms with Crippen LogP contribution in [0.2, 0.25) is 0 Å². The fourth-order valence-corrected chi connectivity index (χ4v) is 2.16. The molecule has 4 heteroatoms. The minimum Gasteiger partial charge on any atom is -0.370 e. The van der Waals surface area contributed by atoms with E-state index in [1.165, 1.54) is 16.8 Å². The largest absolute Gasteiger partial charge is 0.370 e. The number of nitrogens with zero attached hydrogens (tertiary/aromatic N) is 3. The van der Waals surface area contributed by atoms with Gasteiger partial charge in [-0.25, -0.2) is 0 Å². The second kappa shape index (κ2) is 5.69. The van der Waals surface area contributed by atoms with Gasteiger partial charge in [-0.15, -0.1) is 0 Å². The number of aryl methyl sites for hydroxylation is 1. The minimum atomic E-state index is 0.678. The predicted octanol–water partition coefficient (Wildman–Crippen LogP) is 1.56. The maximum atomic E-state index is 5.65. The molecule has 0 saturated heterocycles. The molecule has 2 rings (SSSR count). The van der Waals surface area contributed by atoms with Gasteiger partial charge in [-0.2, -0.15) is 5.10 Å². The highest BCUT2D eigenvalue weighted by molar-refractivity contribution is 5.53. The van der Waals surface area contributed by atoms with E-state index in [-0.39, 0.29) is 0 Å². The fraction of sp³-hybridized carbons (Fsp3) is 0.357. The van der Waals surface area contributed by atoms with Crippen molar-refractivity contribution in [2.24, 2.45) is 12.8 Å². The molecule has 0 unspecified atom stereocenters. The number of rotatable bonds is 5. The van der Waals surface area contributed by atoms with Gasteiger partial charge in [0.25, 0.3) is 0 Å². The maximum Gasteiger partial charge on any atom is 0.0539 e. The van der Waals surface area contributed by atoms with E-state index < -0.39 is 0 Å². The van der Waals surface area contributed by atoms with Crippen molar-refractivity contribution in [3.63, 3.8) is 0 Å². The lowest BCUT2D eigenvalue weighted by Crippen LogP contribution is -2.18. The van der Waals surface area contributed by atoms with Gasteiger partial charge in [-0.05, 0) is 24.6 Å². The molecule has 2 aromatic rings. The number of hydrogen-bond donors (Lipinski definition) is 1. The number of para-hydroxylation sites is 1. The number of hydrogen-bond acceptors (Lipinski definition) is 3. The topological polar surface area (TPSA) is 47.1 Å². The summed E-state index contributed by atoms with van der Waals surface area (Å²) in [6, 6.07) is 8.41. The van der Waals surface area contributed by atoms with Crippen molar-refractivity contribution in [3.8, 4) is 0 Å². The van der Waals surface area contributed by atoms with E-state index in [0.717, 1.165) is 13.0 Å². The molecule has 0 spiro atoms. The lowest BCUT2D eigenvalue weighted by molar-refractivity contribution is 0.766. The quantitative estimate of drug-likeness (QED) is 0.868. The van der Waals surface area contributed by atoms with Crippen molar-refractivity contribution in [3.05, 3.63) is 47.8 Å². The lowest BCUT2D eigenvalue weighted by atomic mass is 10.1. The van der Waals surface area contributed by atoms with Crippen molar-refractivity contribution >= 4 is 5.69 Å². The molecule has 0 saturated carbocycles. The zero-order valence-corrected chi connectivity index (χ0v) is 11.0. The van der Waals surface area contributed by atoms with E-state index in [9.17, 15) is 0 Å². The monoisotopic (exact) mass is 244 g/mol. The maximum absolute atomic E-state index is 5.65. The van der Waals surface area contributed by atoms with Crippen molar-refractivity contribution in [2.75, 3.05) is 18.5 Å². The molecule has 0 bridgehead atoms. The third-order valence-corrected chi connectivity index (χ3v) is 2.99. The summed E-state index contributed by atoms with van der Waals surface area (Å²) in [6.45, 7) is 1.53. The molecule has 0 radical (unpaired) electrons. The Morgan fingerprint density at radius 1 is 1.33 bits per heavy atom. The Hall–Kier alpha value is -1.81. The predicted molar refractivity (Wildman–Crippen MR) is 74.5 cm³/mol. The summed E-state index contributed by atoms with van der Waals surface area (Å²) in [5, 5.41) is 4.19. The second-order valence-electron chi connectivity index (χ2n) is 4.55. The van der Waals surface area contributed by atoms with Crippen LogP contribution < -0.4 is 10.6 Å². The Labute approximate surface area is 108 Å². The molecule has 1 aromatic carbocycles. The van der Waals surface area contributed by atoms with E-state index in [1.807, 2.05) is 24.1 Å². The van der Waals surface area contributed by atoms with Crippen LogP contribution in [0.4, 0.5) is 5.69 Å². The second-order valence-corrected chi connectivity index (χ2v) is 4.55. The molecule has 0 aliphatic rings. The van der Waals surface area contributed by atoms with Crippen molar-refractivity contribution in [1.82, 2.24) is 9.78 Å². The summed E-state index contributed by atoms with van der Waals surface area (Å²) in [5.41, 5.74) is 9.40. The summed E-state index contributed by atoms with van der Waals surface area (Å²) in [7, 11) is 4.04. The summed E-state index contributed by atoms with van der Waals surface area (Å²) in [4.78, 5) is 2.24. The summed E-state index contributed by atoms with van der Waals surface area (Å²) in [6.07, 6.45) is 4.86. The average Bonchev–Trinajstić information content (AvgIpc) is 2.76. The summed E-state index contributed by atoms with van der Waals surface area (Å²) < 4.78 is 1.83. The van der Waals surface area contributed by atoms with Crippen LogP contribution in [-0.4, -0.2) is 23.4 Å². The molecule has 0 fully saturated rings. The first kappa shape index (κ1) is 12.6. The molecular formula is C14H20N4. The molecular weight excluding hydrogens is 224 g/mol. The van der Waals surface area contributed by atoms with Gasteiger partial charge in [0.15, 0.2) is 0 Å². The Bertz CT molecular complexity index is 504. The van der Waals surface area contributed by atoms with Gasteiger partial charge in [0.2, 0.25) is 0 Å². The molecule has 0 aliphatic heterocycles. The highest BCUT2D eigenvalue weighted by atomic mass is 15.2. The van der Waals surface area contributed by atoms with Crippen LogP contribution in [0, 0.1) is 0 Å². The molecule has 96 valence electrons. The third-order valence-electron chi connectivity index (χ3n) is 2.99. The third kappa shape index (κ3) is 2.90. The number of aromatic nitrogens is 2. The number of benzene rings is 1. The minimum absolute atomic E-state index is 0.678. The summed E-state index contributed by atoms with van der Waals surface area (Å²) >= 11 is 0. The lowest BCUT2D eigenvalue weighted by Gasteiger charge is -2.21. The van der Waals surface area contributed by atoms with Crippen LogP contribution in [-0.2, 0) is 20.0 Å². The van der Waals surface area contributed by atoms with Gasteiger partial charge in [-0.1, -0.05) is 18.2 Å². The average molecular weight is 244 g/mol. The zero-order valence-electron chi connectivity index (χ0n) is 11.0. The van der Waals surface area contributed by atoms with Gasteiger partial charge in [0.1, 0.15) is 0 Å². The highest BCUT2D eigenvalue weighted by Crippen LogP contribution is 2.21. The van der Waals surface area contributed by atoms with E-state index in [4.69, 9.17) is 5.73 Å². The van der Waals surface area contributed by atoms with Crippen LogP contribution >= 0.6 is 0 Å². The zero-order chi connectivity index (χ0) is 13.0. The number of anilines is 1. The first-order valence-corrected chi connectivity index (χ1v) is 6.17. The van der Waals surface area contributed by atoms with Gasteiger partial charge in [-0.3, -0.25) is 4.68 Å². The van der Waals surface area contributed by atoms with Crippen LogP contribution in [0.25, 0.3) is 0 Å². The molecule has 1 aromatic heterocycles. The Morgan fingerprint density at radius 2 is 2.11 bits per heavy atom. The highest BCUT2D eigenvalue weighted by Gasteiger charge is 2.07. The van der Waals surface area contributed by atoms with E-state index in [1.54, 1.807) is 0 Å². The normalized spacial score (nSPS) is 10.6. The van der Waals surface area contributed by atoms with Crippen LogP contribution in [0.1, 0.15) is 11.1 Å². The molecule has 1 heterocycles. The SMILES string of the molecule is CN(Cc1cnn(C)c1)c1ccccc1CCN. The van der Waals surface area contributed by atoms with Gasteiger partial charge < -0.3 is 10.6 Å². The number of nitrogens with two attached hydrogens (primary N) is 1. The molecule has 18 heavy (non-hydrogen) atoms. The molecule has 0 amide bonds. The Kier molecular flexibility index (Phi) is 3.99. The Morgan fingerprint density at radius 3 is 2.78 bits per heavy atom. The first-order chi connectivity index (χ1) is 8.70. The van der Waals surface area contributed by atoms with Crippen LogP contribution in [0.5, 0.6) is 0 Å². The van der Waals surface area contributed by atoms with Crippen molar-refractivity contribution in [1.29, 1.82) is 0 Å². The Balaban J connectivity index is 2.15. The first-order valence-electron chi connectivity index (χ1n) is 6.17. The van der Waals surface area contributed by atoms with E-state index >= 15 is 0 Å². The molecule has 4 nitrogen and oxygen atoms in total. The summed E-state index contributed by atoms with van der Waals surface area (Å²) in [5.74, 6) is 0. The molecule has 2 N–H and O–H groups in total. The van der Waals surface area contributed by atoms with Crippen LogP contribution in [0.3, 0.4) is 0 Å². The van der Waals surface area contributed by atoms with E-state index in [2.05, 4.69) is 41.3 Å². The van der Waals surface area contributed by atoms with Gasteiger partial charge in [0.05, 0.1) is 6.20 Å². The fourth-order valence-electron chi connectivity index (χ4n) is 2.16. The standard InChI is InChI=1S/C14H20N4/c1-17(10-12-9-16-18(2)11-12)14-6-4-3-5-13(14)7-8-15/h3-6,9,11H,7-8,10,15H2,1-2H3. The van der Waals surface area contributed by atoms with Gasteiger partial charge in [0, 0.05) is 38.1 Å². The van der Waals surface area contributed by atoms with Crippen molar-refractivity contribution < 1.29 is 0 Å². The van der Waals surface area contributed by atoms with Gasteiger partial charge >= 0.3 is 0 Å². The van der Waals surface area contributed by atoms with E-state index in [0.29, 0.717) is 6.54 Å². The smallest absolute Gasteiger partial charge is 0.0539 e. The van der Waals surface area contributed by atoms with Crippen molar-refractivity contribution in [2.45, 2.75) is 13.0 Å². The molecule has 0 aliphatic carbocycles. The molecule has 0 atom stereocenters. The van der Waals surface area contributed by atoms with Crippen LogP contribution in [0.15, 0.2) is 36.7 Å².